The molecule has 3 N–H and O–H groups in total. The van der Waals surface area contributed by atoms with Gasteiger partial charge in [0.25, 0.3) is 0 Å². The van der Waals surface area contributed by atoms with E-state index in [4.69, 9.17) is 10.4 Å². The molecule has 1 aromatic carbocycles. The molecule has 0 atom stereocenters. The summed E-state index contributed by atoms with van der Waals surface area (Å²) in [6, 6.07) is 8.36. The van der Waals surface area contributed by atoms with Crippen LogP contribution in [0, 0.1) is 11.3 Å². The molecule has 0 spiro atoms. The Morgan fingerprint density at radius 3 is 2.40 bits per heavy atom. The van der Waals surface area contributed by atoms with E-state index in [0.29, 0.717) is 24.9 Å². The third-order valence-corrected chi connectivity index (χ3v) is 3.46. The molecule has 0 aliphatic heterocycles. The van der Waals surface area contributed by atoms with Crippen molar-refractivity contribution in [3.8, 4) is 6.07 Å². The Balaban J connectivity index is 1.94. The summed E-state index contributed by atoms with van der Waals surface area (Å²) < 4.78 is 0. The van der Waals surface area contributed by atoms with Gasteiger partial charge in [-0.15, -0.1) is 0 Å². The molecular weight excluding hydrogens is 258 g/mol. The fourth-order valence-corrected chi connectivity index (χ4v) is 2.10. The lowest BCUT2D eigenvalue weighted by molar-refractivity contribution is -0.148. The first-order chi connectivity index (χ1) is 9.55. The molecule has 1 aromatic rings. The van der Waals surface area contributed by atoms with Gasteiger partial charge in [0.15, 0.2) is 0 Å². The average molecular weight is 273 g/mol. The van der Waals surface area contributed by atoms with Crippen LogP contribution in [0.25, 0.3) is 0 Å². The number of carboxylic acids is 1. The minimum Gasteiger partial charge on any atom is -0.480 e. The Hall–Kier alpha value is -2.55. The van der Waals surface area contributed by atoms with Gasteiger partial charge in [0.1, 0.15) is 5.54 Å². The number of nitriles is 1. The quantitative estimate of drug-likeness (QED) is 0.779. The highest BCUT2D eigenvalue weighted by atomic mass is 16.4. The second-order valence-corrected chi connectivity index (χ2v) is 4.85. The normalized spacial score (nSPS) is 15.6. The molecule has 2 rings (SSSR count). The van der Waals surface area contributed by atoms with Crippen LogP contribution in [0.5, 0.6) is 0 Å². The summed E-state index contributed by atoms with van der Waals surface area (Å²) in [5.74, 6) is -0.997. The molecule has 20 heavy (non-hydrogen) atoms. The first kappa shape index (κ1) is 13.9. The van der Waals surface area contributed by atoms with Crippen molar-refractivity contribution in [2.24, 2.45) is 0 Å². The lowest BCUT2D eigenvalue weighted by Gasteiger charge is -2.38. The number of carboxylic acid groups (broad SMARTS) is 1. The van der Waals surface area contributed by atoms with Gasteiger partial charge in [-0.25, -0.2) is 9.59 Å². The first-order valence-corrected chi connectivity index (χ1v) is 6.34. The topological polar surface area (TPSA) is 102 Å². The van der Waals surface area contributed by atoms with Crippen molar-refractivity contribution in [3.63, 3.8) is 0 Å². The second-order valence-electron chi connectivity index (χ2n) is 4.85. The highest BCUT2D eigenvalue weighted by Gasteiger charge is 2.45. The molecule has 0 aromatic heterocycles. The standard InChI is InChI=1S/C14H15N3O3/c15-9-6-10-2-4-11(5-3-10)16-13(20)17-14(12(18)19)7-1-8-14/h2-5H,1,6-8H2,(H,18,19)(H2,16,17,20). The maximum atomic E-state index is 11.8. The van der Waals surface area contributed by atoms with Crippen molar-refractivity contribution in [1.29, 1.82) is 5.26 Å². The summed E-state index contributed by atoms with van der Waals surface area (Å²) in [7, 11) is 0. The van der Waals surface area contributed by atoms with E-state index < -0.39 is 17.5 Å². The third-order valence-electron chi connectivity index (χ3n) is 3.46. The Labute approximate surface area is 116 Å². The summed E-state index contributed by atoms with van der Waals surface area (Å²) in [5.41, 5.74) is 0.300. The molecule has 0 saturated heterocycles. The molecule has 6 heteroatoms. The number of hydrogen-bond acceptors (Lipinski definition) is 3. The maximum Gasteiger partial charge on any atom is 0.329 e. The number of anilines is 1. The predicted molar refractivity (Wildman–Crippen MR) is 72.1 cm³/mol. The number of rotatable bonds is 4. The molecule has 0 radical (unpaired) electrons. The van der Waals surface area contributed by atoms with Gasteiger partial charge in [-0.1, -0.05) is 12.1 Å². The van der Waals surface area contributed by atoms with Crippen LogP contribution in [0.1, 0.15) is 24.8 Å². The lowest BCUT2D eigenvalue weighted by atomic mass is 9.77. The van der Waals surface area contributed by atoms with Gasteiger partial charge >= 0.3 is 12.0 Å². The van der Waals surface area contributed by atoms with Gasteiger partial charge < -0.3 is 15.7 Å². The van der Waals surface area contributed by atoms with Crippen LogP contribution >= 0.6 is 0 Å². The van der Waals surface area contributed by atoms with Crippen molar-refractivity contribution in [3.05, 3.63) is 29.8 Å². The Bertz CT molecular complexity index is 556. The number of hydrogen-bond donors (Lipinski definition) is 3. The van der Waals surface area contributed by atoms with E-state index >= 15 is 0 Å². The van der Waals surface area contributed by atoms with E-state index in [1.54, 1.807) is 24.3 Å². The van der Waals surface area contributed by atoms with Crippen LogP contribution in [0.15, 0.2) is 24.3 Å². The summed E-state index contributed by atoms with van der Waals surface area (Å²) in [6.07, 6.45) is 2.03. The molecular formula is C14H15N3O3. The van der Waals surface area contributed by atoms with E-state index in [2.05, 4.69) is 10.6 Å². The number of aliphatic carboxylic acids is 1. The molecule has 104 valence electrons. The largest absolute Gasteiger partial charge is 0.480 e. The summed E-state index contributed by atoms with van der Waals surface area (Å²) in [5, 5.41) is 22.8. The monoisotopic (exact) mass is 273 g/mol. The van der Waals surface area contributed by atoms with Crippen molar-refractivity contribution in [2.75, 3.05) is 5.32 Å². The molecule has 1 aliphatic rings. The van der Waals surface area contributed by atoms with E-state index in [9.17, 15) is 9.59 Å². The SMILES string of the molecule is N#CCc1ccc(NC(=O)NC2(C(=O)O)CCC2)cc1. The zero-order chi connectivity index (χ0) is 14.6. The van der Waals surface area contributed by atoms with Crippen molar-refractivity contribution >= 4 is 17.7 Å². The summed E-state index contributed by atoms with van der Waals surface area (Å²) >= 11 is 0. The van der Waals surface area contributed by atoms with Crippen LogP contribution in [-0.4, -0.2) is 22.6 Å². The number of urea groups is 1. The van der Waals surface area contributed by atoms with E-state index in [0.717, 1.165) is 12.0 Å². The van der Waals surface area contributed by atoms with Crippen LogP contribution in [0.2, 0.25) is 0 Å². The molecule has 0 bridgehead atoms. The van der Waals surface area contributed by atoms with Crippen molar-refractivity contribution in [1.82, 2.24) is 5.32 Å². The molecule has 0 unspecified atom stereocenters. The minimum atomic E-state index is -1.12. The Kier molecular flexibility index (Phi) is 3.89. The average Bonchev–Trinajstić information content (AvgIpc) is 2.36. The zero-order valence-electron chi connectivity index (χ0n) is 10.8. The number of nitrogens with zero attached hydrogens (tertiary/aromatic N) is 1. The van der Waals surface area contributed by atoms with Gasteiger partial charge in [-0.05, 0) is 37.0 Å². The molecule has 6 nitrogen and oxygen atoms in total. The smallest absolute Gasteiger partial charge is 0.329 e. The van der Waals surface area contributed by atoms with Crippen molar-refractivity contribution < 1.29 is 14.7 Å². The van der Waals surface area contributed by atoms with E-state index in [1.807, 2.05) is 6.07 Å². The molecule has 2 amide bonds. The molecule has 0 heterocycles. The molecule has 1 aliphatic carbocycles. The minimum absolute atomic E-state index is 0.314. The van der Waals surface area contributed by atoms with Gasteiger partial charge in [0.05, 0.1) is 12.5 Å². The highest BCUT2D eigenvalue weighted by Crippen LogP contribution is 2.32. The fraction of sp³-hybridized carbons (Fsp3) is 0.357. The zero-order valence-corrected chi connectivity index (χ0v) is 10.8. The van der Waals surface area contributed by atoms with E-state index in [-0.39, 0.29) is 0 Å². The maximum absolute atomic E-state index is 11.8. The first-order valence-electron chi connectivity index (χ1n) is 6.34. The van der Waals surface area contributed by atoms with Crippen LogP contribution in [0.3, 0.4) is 0 Å². The van der Waals surface area contributed by atoms with Gasteiger partial charge in [0, 0.05) is 5.69 Å². The third kappa shape index (κ3) is 2.88. The number of carbonyl (C=O) groups is 2. The van der Waals surface area contributed by atoms with Crippen LogP contribution < -0.4 is 10.6 Å². The van der Waals surface area contributed by atoms with E-state index in [1.165, 1.54) is 0 Å². The number of amides is 2. The Morgan fingerprint density at radius 2 is 1.95 bits per heavy atom. The van der Waals surface area contributed by atoms with Gasteiger partial charge in [-0.2, -0.15) is 5.26 Å². The number of nitrogens with one attached hydrogen (secondary N) is 2. The molecule has 1 saturated carbocycles. The second kappa shape index (κ2) is 5.61. The highest BCUT2D eigenvalue weighted by molar-refractivity contribution is 5.94. The fourth-order valence-electron chi connectivity index (χ4n) is 2.10. The summed E-state index contributed by atoms with van der Waals surface area (Å²) in [4.78, 5) is 22.9. The number of benzene rings is 1. The van der Waals surface area contributed by atoms with Crippen molar-refractivity contribution in [2.45, 2.75) is 31.2 Å². The Morgan fingerprint density at radius 1 is 1.30 bits per heavy atom. The lowest BCUT2D eigenvalue weighted by Crippen LogP contribution is -2.60. The predicted octanol–water partition coefficient (Wildman–Crippen LogP) is 1.88. The summed E-state index contributed by atoms with van der Waals surface area (Å²) in [6.45, 7) is 0. The number of carbonyl (C=O) groups excluding carboxylic acids is 1. The van der Waals surface area contributed by atoms with Gasteiger partial charge in [-0.3, -0.25) is 0 Å². The molecule has 1 fully saturated rings. The van der Waals surface area contributed by atoms with Gasteiger partial charge in [0.2, 0.25) is 0 Å². The van der Waals surface area contributed by atoms with Crippen LogP contribution in [-0.2, 0) is 11.2 Å². The van der Waals surface area contributed by atoms with Crippen LogP contribution in [0.4, 0.5) is 10.5 Å².